The van der Waals surface area contributed by atoms with Gasteiger partial charge in [0.2, 0.25) is 0 Å². The molecule has 1 aromatic carbocycles. The zero-order chi connectivity index (χ0) is 12.9. The largest absolute Gasteiger partial charge is 0.441 e. The minimum absolute atomic E-state index is 0.000726. The Morgan fingerprint density at radius 2 is 2.00 bits per heavy atom. The van der Waals surface area contributed by atoms with Gasteiger partial charge in [0.05, 0.1) is 0 Å². The first-order valence-corrected chi connectivity index (χ1v) is 6.86. The predicted octanol–water partition coefficient (Wildman–Crippen LogP) is 4.35. The molecule has 0 aliphatic heterocycles. The van der Waals surface area contributed by atoms with Crippen LogP contribution in [0, 0.1) is 0 Å². The van der Waals surface area contributed by atoms with Crippen molar-refractivity contribution >= 4 is 27.7 Å². The molecule has 1 nitrogen and oxygen atoms in total. The van der Waals surface area contributed by atoms with Gasteiger partial charge in [-0.3, -0.25) is 0 Å². The van der Waals surface area contributed by atoms with E-state index in [2.05, 4.69) is 21.2 Å². The number of alkyl halides is 3. The van der Waals surface area contributed by atoms with Crippen LogP contribution < -0.4 is 5.32 Å². The summed E-state index contributed by atoms with van der Waals surface area (Å²) in [4.78, 5) is 0. The van der Waals surface area contributed by atoms with Gasteiger partial charge >= 0.3 is 5.51 Å². The van der Waals surface area contributed by atoms with Crippen molar-refractivity contribution < 1.29 is 13.2 Å². The molecular formula is C11H13BrF3NS. The van der Waals surface area contributed by atoms with Crippen LogP contribution in [0.15, 0.2) is 28.7 Å². The van der Waals surface area contributed by atoms with Gasteiger partial charge in [0.1, 0.15) is 0 Å². The highest BCUT2D eigenvalue weighted by molar-refractivity contribution is 9.10. The second kappa shape index (κ2) is 6.66. The summed E-state index contributed by atoms with van der Waals surface area (Å²) in [5.74, 6) is 0.0261. The predicted molar refractivity (Wildman–Crippen MR) is 69.1 cm³/mol. The summed E-state index contributed by atoms with van der Waals surface area (Å²) in [6.45, 7) is 2.25. The molecule has 0 saturated heterocycles. The Bertz CT molecular complexity index is 357. The van der Waals surface area contributed by atoms with Gasteiger partial charge < -0.3 is 5.32 Å². The smallest absolute Gasteiger partial charge is 0.309 e. The first-order chi connectivity index (χ1) is 7.90. The third kappa shape index (κ3) is 5.79. The lowest BCUT2D eigenvalue weighted by atomic mass is 10.1. The van der Waals surface area contributed by atoms with Gasteiger partial charge in [0.25, 0.3) is 0 Å². The average molecular weight is 328 g/mol. The van der Waals surface area contributed by atoms with Crippen molar-refractivity contribution in [1.82, 2.24) is 5.32 Å². The standard InChI is InChI=1S/C11H13BrF3NS/c1-8(9-4-2-3-5-10(9)12)16-6-7-17-11(13,14)15/h2-5,8,16H,6-7H2,1H3/t8-/m0/s1. The topological polar surface area (TPSA) is 12.0 Å². The summed E-state index contributed by atoms with van der Waals surface area (Å²) in [5.41, 5.74) is -3.09. The number of nitrogens with one attached hydrogen (secondary N) is 1. The van der Waals surface area contributed by atoms with Gasteiger partial charge in [0.15, 0.2) is 0 Å². The van der Waals surface area contributed by atoms with E-state index in [1.807, 2.05) is 31.2 Å². The van der Waals surface area contributed by atoms with E-state index in [0.29, 0.717) is 6.54 Å². The summed E-state index contributed by atoms with van der Waals surface area (Å²) >= 11 is 3.41. The van der Waals surface area contributed by atoms with Crippen LogP contribution >= 0.6 is 27.7 Å². The number of hydrogen-bond donors (Lipinski definition) is 1. The van der Waals surface area contributed by atoms with Crippen LogP contribution in [0.2, 0.25) is 0 Å². The Labute approximate surface area is 111 Å². The van der Waals surface area contributed by atoms with Gasteiger partial charge in [-0.25, -0.2) is 0 Å². The molecule has 6 heteroatoms. The lowest BCUT2D eigenvalue weighted by Gasteiger charge is -2.15. The first kappa shape index (κ1) is 14.9. The van der Waals surface area contributed by atoms with Gasteiger partial charge in [-0.1, -0.05) is 34.1 Å². The minimum Gasteiger partial charge on any atom is -0.309 e. The van der Waals surface area contributed by atoms with Crippen LogP contribution in [0.25, 0.3) is 0 Å². The van der Waals surface area contributed by atoms with Crippen molar-refractivity contribution in [1.29, 1.82) is 0 Å². The SMILES string of the molecule is C[C@H](NCCSC(F)(F)F)c1ccccc1Br. The van der Waals surface area contributed by atoms with E-state index in [-0.39, 0.29) is 23.6 Å². The fourth-order valence-corrected chi connectivity index (χ4v) is 2.46. The van der Waals surface area contributed by atoms with Crippen molar-refractivity contribution in [2.45, 2.75) is 18.5 Å². The molecule has 0 amide bonds. The van der Waals surface area contributed by atoms with E-state index in [4.69, 9.17) is 0 Å². The molecule has 1 atom stereocenters. The zero-order valence-corrected chi connectivity index (χ0v) is 11.6. The normalized spacial score (nSPS) is 13.7. The Hall–Kier alpha value is -0.200. The van der Waals surface area contributed by atoms with Gasteiger partial charge in [-0.2, -0.15) is 13.2 Å². The molecule has 0 unspecified atom stereocenters. The van der Waals surface area contributed by atoms with E-state index in [0.717, 1.165) is 10.0 Å². The van der Waals surface area contributed by atoms with E-state index in [1.165, 1.54) is 0 Å². The molecule has 1 aromatic rings. The zero-order valence-electron chi connectivity index (χ0n) is 9.22. The van der Waals surface area contributed by atoms with Gasteiger partial charge in [0, 0.05) is 22.8 Å². The molecule has 0 aliphatic carbocycles. The summed E-state index contributed by atoms with van der Waals surface area (Å²) < 4.78 is 36.6. The maximum absolute atomic E-state index is 11.9. The molecule has 0 aromatic heterocycles. The van der Waals surface area contributed by atoms with Crippen LogP contribution in [0.4, 0.5) is 13.2 Å². The van der Waals surface area contributed by atoms with Crippen molar-refractivity contribution in [3.8, 4) is 0 Å². The van der Waals surface area contributed by atoms with Crippen LogP contribution in [-0.2, 0) is 0 Å². The number of benzene rings is 1. The number of rotatable bonds is 5. The van der Waals surface area contributed by atoms with Crippen LogP contribution in [-0.4, -0.2) is 17.8 Å². The molecule has 1 rings (SSSR count). The summed E-state index contributed by atoms with van der Waals surface area (Å²) in [6.07, 6.45) is 0. The first-order valence-electron chi connectivity index (χ1n) is 5.08. The van der Waals surface area contributed by atoms with E-state index >= 15 is 0 Å². The monoisotopic (exact) mass is 327 g/mol. The molecule has 0 spiro atoms. The van der Waals surface area contributed by atoms with Crippen LogP contribution in [0.5, 0.6) is 0 Å². The summed E-state index contributed by atoms with van der Waals surface area (Å²) in [5, 5.41) is 3.06. The minimum atomic E-state index is -4.14. The van der Waals surface area contributed by atoms with Crippen molar-refractivity contribution in [2.75, 3.05) is 12.3 Å². The molecule has 0 bridgehead atoms. The van der Waals surface area contributed by atoms with E-state index < -0.39 is 5.51 Å². The van der Waals surface area contributed by atoms with Gasteiger partial charge in [-0.15, -0.1) is 0 Å². The second-order valence-electron chi connectivity index (χ2n) is 3.49. The maximum Gasteiger partial charge on any atom is 0.441 e. The molecule has 0 saturated carbocycles. The third-order valence-electron chi connectivity index (χ3n) is 2.19. The van der Waals surface area contributed by atoms with Crippen LogP contribution in [0.3, 0.4) is 0 Å². The van der Waals surface area contributed by atoms with E-state index in [9.17, 15) is 13.2 Å². The average Bonchev–Trinajstić information content (AvgIpc) is 2.23. The van der Waals surface area contributed by atoms with Gasteiger partial charge in [-0.05, 0) is 30.3 Å². The fourth-order valence-electron chi connectivity index (χ4n) is 1.38. The lowest BCUT2D eigenvalue weighted by molar-refractivity contribution is -0.0327. The quantitative estimate of drug-likeness (QED) is 0.807. The lowest BCUT2D eigenvalue weighted by Crippen LogP contribution is -2.22. The molecule has 96 valence electrons. The molecule has 0 aliphatic rings. The van der Waals surface area contributed by atoms with Crippen molar-refractivity contribution in [2.24, 2.45) is 0 Å². The number of thioether (sulfide) groups is 1. The Morgan fingerprint density at radius 3 is 2.59 bits per heavy atom. The molecule has 0 radical (unpaired) electrons. The Kier molecular flexibility index (Phi) is 5.82. The molecule has 1 N–H and O–H groups in total. The highest BCUT2D eigenvalue weighted by atomic mass is 79.9. The Morgan fingerprint density at radius 1 is 1.35 bits per heavy atom. The third-order valence-corrected chi connectivity index (χ3v) is 3.65. The fraction of sp³-hybridized carbons (Fsp3) is 0.455. The van der Waals surface area contributed by atoms with Crippen molar-refractivity contribution in [3.05, 3.63) is 34.3 Å². The van der Waals surface area contributed by atoms with Crippen LogP contribution in [0.1, 0.15) is 18.5 Å². The number of halogens is 4. The van der Waals surface area contributed by atoms with E-state index in [1.54, 1.807) is 0 Å². The molecule has 0 heterocycles. The summed E-state index contributed by atoms with van der Waals surface area (Å²) in [6, 6.07) is 7.69. The molecular weight excluding hydrogens is 315 g/mol. The highest BCUT2D eigenvalue weighted by Gasteiger charge is 2.27. The highest BCUT2D eigenvalue weighted by Crippen LogP contribution is 2.29. The number of hydrogen-bond acceptors (Lipinski definition) is 2. The van der Waals surface area contributed by atoms with Crippen molar-refractivity contribution in [3.63, 3.8) is 0 Å². The molecule has 0 fully saturated rings. The maximum atomic E-state index is 11.9. The summed E-state index contributed by atoms with van der Waals surface area (Å²) in [7, 11) is 0. The molecule has 17 heavy (non-hydrogen) atoms. The Balaban J connectivity index is 2.36. The second-order valence-corrected chi connectivity index (χ2v) is 5.51.